The second kappa shape index (κ2) is 9.14. The minimum absolute atomic E-state index is 0.0508. The van der Waals surface area contributed by atoms with Gasteiger partial charge in [-0.2, -0.15) is 13.2 Å². The summed E-state index contributed by atoms with van der Waals surface area (Å²) < 4.78 is 39.0. The number of halogens is 3. The van der Waals surface area contributed by atoms with E-state index in [-0.39, 0.29) is 18.8 Å². The highest BCUT2D eigenvalue weighted by Crippen LogP contribution is 2.32. The van der Waals surface area contributed by atoms with E-state index in [2.05, 4.69) is 10.2 Å². The molecule has 10 heteroatoms. The molecule has 2 N–H and O–H groups in total. The monoisotopic (exact) mass is 460 g/mol. The molecule has 174 valence electrons. The van der Waals surface area contributed by atoms with Crippen LogP contribution in [0.2, 0.25) is 0 Å². The zero-order valence-electron chi connectivity index (χ0n) is 17.7. The van der Waals surface area contributed by atoms with Crippen LogP contribution in [-0.4, -0.2) is 61.2 Å². The molecule has 2 aliphatic rings. The number of β-amino-alcohol motifs (C(OH)–C–C–N with tert-alkyl or cyclic N) is 1. The van der Waals surface area contributed by atoms with Gasteiger partial charge in [-0.25, -0.2) is 0 Å². The molecule has 1 saturated heterocycles. The number of hydrogen-bond acceptors (Lipinski definition) is 6. The molecule has 0 aliphatic carbocycles. The molecule has 1 fully saturated rings. The van der Waals surface area contributed by atoms with E-state index in [1.165, 1.54) is 18.2 Å². The number of nitrogens with one attached hydrogen (secondary N) is 1. The highest BCUT2D eigenvalue weighted by atomic mass is 19.4. The quantitative estimate of drug-likeness (QED) is 0.646. The summed E-state index contributed by atoms with van der Waals surface area (Å²) in [4.78, 5) is 29.1. The summed E-state index contributed by atoms with van der Waals surface area (Å²) in [5.41, 5.74) is 1.65. The lowest BCUT2D eigenvalue weighted by molar-refractivity contribution is -0.138. The number of hydrogen-bond donors (Lipinski definition) is 2. The van der Waals surface area contributed by atoms with Crippen molar-refractivity contribution < 1.29 is 27.9 Å². The Labute approximate surface area is 188 Å². The van der Waals surface area contributed by atoms with Gasteiger partial charge in [-0.05, 0) is 42.5 Å². The molecule has 4 rings (SSSR count). The molecule has 0 unspecified atom stereocenters. The van der Waals surface area contributed by atoms with Gasteiger partial charge in [0.1, 0.15) is 5.70 Å². The van der Waals surface area contributed by atoms with Crippen LogP contribution in [0.3, 0.4) is 0 Å². The number of aliphatic hydroxyl groups is 1. The van der Waals surface area contributed by atoms with Gasteiger partial charge in [0, 0.05) is 49.3 Å². The summed E-state index contributed by atoms with van der Waals surface area (Å²) in [5, 5.41) is 11.9. The number of alkyl halides is 3. The van der Waals surface area contributed by atoms with Crippen LogP contribution < -0.4 is 15.1 Å². The van der Waals surface area contributed by atoms with Crippen LogP contribution in [0, 0.1) is 0 Å². The van der Waals surface area contributed by atoms with Crippen LogP contribution in [-0.2, 0) is 15.8 Å². The summed E-state index contributed by atoms with van der Waals surface area (Å²) in [6, 6.07) is 12.7. The van der Waals surface area contributed by atoms with Gasteiger partial charge in [-0.3, -0.25) is 14.5 Å². The number of aliphatic hydroxyl groups excluding tert-OH is 1. The molecule has 0 radical (unpaired) electrons. The van der Waals surface area contributed by atoms with Crippen molar-refractivity contribution in [1.82, 2.24) is 4.90 Å². The van der Waals surface area contributed by atoms with Crippen molar-refractivity contribution in [2.45, 2.75) is 6.18 Å². The second-order valence-electron chi connectivity index (χ2n) is 7.77. The first-order chi connectivity index (χ1) is 15.8. The van der Waals surface area contributed by atoms with Crippen LogP contribution in [0.4, 0.5) is 30.2 Å². The van der Waals surface area contributed by atoms with Crippen molar-refractivity contribution in [1.29, 1.82) is 0 Å². The summed E-state index contributed by atoms with van der Waals surface area (Å²) in [7, 11) is 0. The molecule has 0 atom stereocenters. The Morgan fingerprint density at radius 1 is 0.909 bits per heavy atom. The van der Waals surface area contributed by atoms with Gasteiger partial charge in [-0.15, -0.1) is 0 Å². The number of carbonyl (C=O) groups is 2. The van der Waals surface area contributed by atoms with Crippen molar-refractivity contribution in [3.63, 3.8) is 0 Å². The molecule has 2 aromatic rings. The number of nitrogens with zero attached hydrogens (tertiary/aromatic N) is 3. The molecular formula is C23H23F3N4O3. The molecule has 2 aliphatic heterocycles. The maximum absolute atomic E-state index is 13.0. The number of amides is 2. The summed E-state index contributed by atoms with van der Waals surface area (Å²) in [6.07, 6.45) is -3.16. The first kappa shape index (κ1) is 22.7. The predicted molar refractivity (Wildman–Crippen MR) is 118 cm³/mol. The highest BCUT2D eigenvalue weighted by molar-refractivity contribution is 6.17. The fourth-order valence-corrected chi connectivity index (χ4v) is 3.92. The molecule has 7 nitrogen and oxygen atoms in total. The van der Waals surface area contributed by atoms with Gasteiger partial charge >= 0.3 is 6.18 Å². The SMILES string of the molecule is O=C1C=C(Nc2ccc(N3CCN(c4cccc(C(F)(F)F)c4)CC3)cc2)C(=O)N1CCO. The smallest absolute Gasteiger partial charge is 0.395 e. The Hall–Kier alpha value is -3.53. The topological polar surface area (TPSA) is 76.1 Å². The van der Waals surface area contributed by atoms with Crippen molar-refractivity contribution >= 4 is 28.9 Å². The lowest BCUT2D eigenvalue weighted by Crippen LogP contribution is -2.46. The Balaban J connectivity index is 1.35. The maximum Gasteiger partial charge on any atom is 0.416 e. The lowest BCUT2D eigenvalue weighted by atomic mass is 10.1. The third kappa shape index (κ3) is 4.95. The van der Waals surface area contributed by atoms with Crippen molar-refractivity contribution in [3.8, 4) is 0 Å². The third-order valence-electron chi connectivity index (χ3n) is 5.66. The number of carbonyl (C=O) groups excluding carboxylic acids is 2. The van der Waals surface area contributed by atoms with Crippen LogP contribution >= 0.6 is 0 Å². The van der Waals surface area contributed by atoms with Gasteiger partial charge in [0.05, 0.1) is 18.7 Å². The van der Waals surface area contributed by atoms with Crippen molar-refractivity contribution in [2.75, 3.05) is 54.4 Å². The first-order valence-electron chi connectivity index (χ1n) is 10.5. The first-order valence-corrected chi connectivity index (χ1v) is 10.5. The standard InChI is InChI=1S/C23H23F3N4O3/c24-23(25,26)16-2-1-3-19(14-16)29-10-8-28(9-11-29)18-6-4-17(5-7-18)27-20-15-21(32)30(12-13-31)22(20)33/h1-7,14-15,27,31H,8-13H2. The molecular weight excluding hydrogens is 437 g/mol. The summed E-state index contributed by atoms with van der Waals surface area (Å²) >= 11 is 0. The molecule has 2 heterocycles. The molecule has 0 spiro atoms. The average molecular weight is 460 g/mol. The Bertz CT molecular complexity index is 1060. The van der Waals surface area contributed by atoms with E-state index in [0.29, 0.717) is 37.6 Å². The van der Waals surface area contributed by atoms with Gasteiger partial charge in [0.2, 0.25) is 0 Å². The van der Waals surface area contributed by atoms with E-state index in [1.807, 2.05) is 17.0 Å². The van der Waals surface area contributed by atoms with E-state index in [4.69, 9.17) is 5.11 Å². The Morgan fingerprint density at radius 3 is 2.15 bits per heavy atom. The molecule has 2 amide bonds. The summed E-state index contributed by atoms with van der Waals surface area (Å²) in [5.74, 6) is -0.948. The highest BCUT2D eigenvalue weighted by Gasteiger charge is 2.32. The van der Waals surface area contributed by atoms with Crippen LogP contribution in [0.15, 0.2) is 60.3 Å². The van der Waals surface area contributed by atoms with Crippen LogP contribution in [0.25, 0.3) is 0 Å². The van der Waals surface area contributed by atoms with Crippen LogP contribution in [0.5, 0.6) is 0 Å². The second-order valence-corrected chi connectivity index (χ2v) is 7.77. The van der Waals surface area contributed by atoms with E-state index >= 15 is 0 Å². The van der Waals surface area contributed by atoms with E-state index < -0.39 is 23.6 Å². The molecule has 2 aromatic carbocycles. The fraction of sp³-hybridized carbons (Fsp3) is 0.304. The minimum Gasteiger partial charge on any atom is -0.395 e. The largest absolute Gasteiger partial charge is 0.416 e. The van der Waals surface area contributed by atoms with Gasteiger partial charge in [0.25, 0.3) is 11.8 Å². The van der Waals surface area contributed by atoms with Crippen molar-refractivity contribution in [3.05, 3.63) is 65.9 Å². The molecule has 0 saturated carbocycles. The Kier molecular flexibility index (Phi) is 6.28. The van der Waals surface area contributed by atoms with E-state index in [9.17, 15) is 22.8 Å². The van der Waals surface area contributed by atoms with Gasteiger partial charge in [-0.1, -0.05) is 6.07 Å². The maximum atomic E-state index is 13.0. The molecule has 33 heavy (non-hydrogen) atoms. The third-order valence-corrected chi connectivity index (χ3v) is 5.66. The zero-order valence-corrected chi connectivity index (χ0v) is 17.7. The average Bonchev–Trinajstić information content (AvgIpc) is 3.07. The number of imide groups is 1. The molecule has 0 aromatic heterocycles. The van der Waals surface area contributed by atoms with E-state index in [0.717, 1.165) is 16.7 Å². The fourth-order valence-electron chi connectivity index (χ4n) is 3.92. The van der Waals surface area contributed by atoms with Crippen LogP contribution in [0.1, 0.15) is 5.56 Å². The van der Waals surface area contributed by atoms with E-state index in [1.54, 1.807) is 18.2 Å². The Morgan fingerprint density at radius 2 is 1.55 bits per heavy atom. The lowest BCUT2D eigenvalue weighted by Gasteiger charge is -2.37. The van der Waals surface area contributed by atoms with Crippen molar-refractivity contribution in [2.24, 2.45) is 0 Å². The minimum atomic E-state index is -4.36. The number of benzene rings is 2. The van der Waals surface area contributed by atoms with Gasteiger partial charge in [0.15, 0.2) is 0 Å². The van der Waals surface area contributed by atoms with Gasteiger partial charge < -0.3 is 20.2 Å². The normalized spacial score (nSPS) is 17.0. The number of piperazine rings is 1. The zero-order chi connectivity index (χ0) is 23.6. The number of anilines is 3. The molecule has 0 bridgehead atoms. The predicted octanol–water partition coefficient (Wildman–Crippen LogP) is 2.69. The number of rotatable bonds is 6. The summed E-state index contributed by atoms with van der Waals surface area (Å²) in [6.45, 7) is 2.13.